The zero-order valence-corrected chi connectivity index (χ0v) is 12.5. The molecule has 1 aliphatic heterocycles. The van der Waals surface area contributed by atoms with Gasteiger partial charge in [-0.25, -0.2) is 0 Å². The molecule has 21 heavy (non-hydrogen) atoms. The zero-order valence-electron chi connectivity index (χ0n) is 12.5. The minimum absolute atomic E-state index is 0.0659. The van der Waals surface area contributed by atoms with Crippen LogP contribution in [-0.4, -0.2) is 38.3 Å². The van der Waals surface area contributed by atoms with Gasteiger partial charge in [-0.15, -0.1) is 0 Å². The number of amides is 1. The number of fused-ring (bicyclic) bond motifs is 1. The molecule has 3 rings (SSSR count). The summed E-state index contributed by atoms with van der Waals surface area (Å²) in [4.78, 5) is 14.5. The maximum absolute atomic E-state index is 12.1. The lowest BCUT2D eigenvalue weighted by molar-refractivity contribution is -0.00873. The van der Waals surface area contributed by atoms with Crippen LogP contribution in [0.5, 0.6) is 0 Å². The first-order valence-electron chi connectivity index (χ1n) is 7.70. The molecule has 1 saturated heterocycles. The summed E-state index contributed by atoms with van der Waals surface area (Å²) in [6.07, 6.45) is 4.96. The van der Waals surface area contributed by atoms with Crippen LogP contribution in [0.15, 0.2) is 18.2 Å². The summed E-state index contributed by atoms with van der Waals surface area (Å²) < 4.78 is 5.92. The van der Waals surface area contributed by atoms with Gasteiger partial charge in [-0.2, -0.15) is 0 Å². The first kappa shape index (κ1) is 14.2. The van der Waals surface area contributed by atoms with E-state index in [4.69, 9.17) is 10.5 Å². The fourth-order valence-electron chi connectivity index (χ4n) is 3.51. The van der Waals surface area contributed by atoms with Crippen molar-refractivity contribution in [3.63, 3.8) is 0 Å². The van der Waals surface area contributed by atoms with Crippen molar-refractivity contribution >= 4 is 17.3 Å². The summed E-state index contributed by atoms with van der Waals surface area (Å²) in [5, 5.41) is 2.71. The van der Waals surface area contributed by atoms with Crippen LogP contribution in [0.4, 0.5) is 11.4 Å². The van der Waals surface area contributed by atoms with Crippen LogP contribution in [-0.2, 0) is 4.74 Å². The van der Waals surface area contributed by atoms with E-state index < -0.39 is 0 Å². The highest BCUT2D eigenvalue weighted by atomic mass is 16.5. The smallest absolute Gasteiger partial charge is 0.253 e. The van der Waals surface area contributed by atoms with Gasteiger partial charge in [0.05, 0.1) is 30.0 Å². The average molecular weight is 289 g/mol. The molecular weight excluding hydrogens is 266 g/mol. The summed E-state index contributed by atoms with van der Waals surface area (Å²) >= 11 is 0. The molecule has 1 aliphatic carbocycles. The van der Waals surface area contributed by atoms with Crippen molar-refractivity contribution in [3.8, 4) is 0 Å². The quantitative estimate of drug-likeness (QED) is 0.814. The van der Waals surface area contributed by atoms with Gasteiger partial charge in [-0.05, 0) is 31.0 Å². The van der Waals surface area contributed by atoms with Crippen molar-refractivity contribution in [2.45, 2.75) is 37.8 Å². The number of carbonyl (C=O) groups is 1. The standard InChI is InChI=1S/C16H23N3O2/c1-18-16(20)12-7-6-11(17)10-14(12)19-8-9-21-15-5-3-2-4-13(15)19/h6-7,10,13,15H,2-5,8-9,17H2,1H3,(H,18,20). The van der Waals surface area contributed by atoms with Crippen molar-refractivity contribution in [3.05, 3.63) is 23.8 Å². The Morgan fingerprint density at radius 1 is 1.38 bits per heavy atom. The van der Waals surface area contributed by atoms with Crippen molar-refractivity contribution in [1.29, 1.82) is 0 Å². The van der Waals surface area contributed by atoms with Crippen molar-refractivity contribution in [2.24, 2.45) is 0 Å². The molecule has 0 aromatic heterocycles. The van der Waals surface area contributed by atoms with E-state index in [1.54, 1.807) is 13.1 Å². The van der Waals surface area contributed by atoms with Gasteiger partial charge in [0.2, 0.25) is 0 Å². The number of hydrogen-bond acceptors (Lipinski definition) is 4. The van der Waals surface area contributed by atoms with Gasteiger partial charge in [0.1, 0.15) is 0 Å². The number of ether oxygens (including phenoxy) is 1. The van der Waals surface area contributed by atoms with Crippen LogP contribution in [0.3, 0.4) is 0 Å². The number of anilines is 2. The maximum Gasteiger partial charge on any atom is 0.253 e. The van der Waals surface area contributed by atoms with Gasteiger partial charge in [-0.3, -0.25) is 4.79 Å². The van der Waals surface area contributed by atoms with Gasteiger partial charge in [0.25, 0.3) is 5.91 Å². The zero-order chi connectivity index (χ0) is 14.8. The van der Waals surface area contributed by atoms with Gasteiger partial charge in [0.15, 0.2) is 0 Å². The second-order valence-electron chi connectivity index (χ2n) is 5.81. The third-order valence-electron chi connectivity index (χ3n) is 4.54. The van der Waals surface area contributed by atoms with Crippen LogP contribution in [0.2, 0.25) is 0 Å². The molecule has 1 aromatic rings. The van der Waals surface area contributed by atoms with Crippen LogP contribution in [0.1, 0.15) is 36.0 Å². The largest absolute Gasteiger partial charge is 0.399 e. The number of nitrogens with zero attached hydrogens (tertiary/aromatic N) is 1. The fourth-order valence-corrected chi connectivity index (χ4v) is 3.51. The number of hydrogen-bond donors (Lipinski definition) is 2. The third kappa shape index (κ3) is 2.70. The molecule has 0 spiro atoms. The number of nitrogen functional groups attached to an aromatic ring is 1. The van der Waals surface area contributed by atoms with E-state index in [1.807, 2.05) is 12.1 Å². The molecule has 2 fully saturated rings. The van der Waals surface area contributed by atoms with E-state index in [1.165, 1.54) is 12.8 Å². The van der Waals surface area contributed by atoms with E-state index in [0.717, 1.165) is 25.1 Å². The highest BCUT2D eigenvalue weighted by Gasteiger charge is 2.35. The number of benzene rings is 1. The number of nitrogens with two attached hydrogens (primary N) is 1. The SMILES string of the molecule is CNC(=O)c1ccc(N)cc1N1CCOC2CCCCC21. The Kier molecular flexibility index (Phi) is 4.01. The summed E-state index contributed by atoms with van der Waals surface area (Å²) in [6, 6.07) is 5.88. The van der Waals surface area contributed by atoms with Crippen molar-refractivity contribution < 1.29 is 9.53 Å². The lowest BCUT2D eigenvalue weighted by Gasteiger charge is -2.45. The van der Waals surface area contributed by atoms with E-state index in [2.05, 4.69) is 10.2 Å². The number of rotatable bonds is 2. The predicted octanol–water partition coefficient (Wildman–Crippen LogP) is 1.78. The first-order chi connectivity index (χ1) is 10.2. The summed E-state index contributed by atoms with van der Waals surface area (Å²) in [5.41, 5.74) is 8.28. The molecule has 5 nitrogen and oxygen atoms in total. The molecule has 2 unspecified atom stereocenters. The second-order valence-corrected chi connectivity index (χ2v) is 5.81. The second kappa shape index (κ2) is 5.93. The maximum atomic E-state index is 12.1. The summed E-state index contributed by atoms with van der Waals surface area (Å²) in [7, 11) is 1.66. The Balaban J connectivity index is 1.97. The van der Waals surface area contributed by atoms with E-state index in [0.29, 0.717) is 23.9 Å². The topological polar surface area (TPSA) is 67.6 Å². The van der Waals surface area contributed by atoms with Crippen LogP contribution < -0.4 is 16.0 Å². The van der Waals surface area contributed by atoms with Gasteiger partial charge in [0, 0.05) is 19.3 Å². The molecule has 114 valence electrons. The van der Waals surface area contributed by atoms with Gasteiger partial charge < -0.3 is 20.7 Å². The minimum Gasteiger partial charge on any atom is -0.399 e. The molecule has 2 aliphatic rings. The molecule has 1 amide bonds. The lowest BCUT2D eigenvalue weighted by atomic mass is 9.89. The van der Waals surface area contributed by atoms with Crippen LogP contribution in [0, 0.1) is 0 Å². The first-order valence-corrected chi connectivity index (χ1v) is 7.70. The number of morpholine rings is 1. The van der Waals surface area contributed by atoms with Crippen molar-refractivity contribution in [1.82, 2.24) is 5.32 Å². The molecule has 5 heteroatoms. The van der Waals surface area contributed by atoms with E-state index in [9.17, 15) is 4.79 Å². The fraction of sp³-hybridized carbons (Fsp3) is 0.562. The molecular formula is C16H23N3O2. The molecule has 1 heterocycles. The van der Waals surface area contributed by atoms with E-state index in [-0.39, 0.29) is 12.0 Å². The number of carbonyl (C=O) groups excluding carboxylic acids is 1. The Labute approximate surface area is 125 Å². The molecule has 2 atom stereocenters. The van der Waals surface area contributed by atoms with Gasteiger partial charge >= 0.3 is 0 Å². The Morgan fingerprint density at radius 3 is 3.00 bits per heavy atom. The highest BCUT2D eigenvalue weighted by Crippen LogP contribution is 2.34. The lowest BCUT2D eigenvalue weighted by Crippen LogP contribution is -2.53. The molecule has 0 bridgehead atoms. The predicted molar refractivity (Wildman–Crippen MR) is 83.6 cm³/mol. The Bertz CT molecular complexity index is 530. The monoisotopic (exact) mass is 289 g/mol. The van der Waals surface area contributed by atoms with Crippen molar-refractivity contribution in [2.75, 3.05) is 30.8 Å². The van der Waals surface area contributed by atoms with Crippen LogP contribution in [0.25, 0.3) is 0 Å². The summed E-state index contributed by atoms with van der Waals surface area (Å²) in [6.45, 7) is 1.53. The number of nitrogens with one attached hydrogen (secondary N) is 1. The molecule has 1 aromatic carbocycles. The third-order valence-corrected chi connectivity index (χ3v) is 4.54. The molecule has 3 N–H and O–H groups in total. The average Bonchev–Trinajstić information content (AvgIpc) is 2.53. The summed E-state index contributed by atoms with van der Waals surface area (Å²) in [5.74, 6) is -0.0659. The Morgan fingerprint density at radius 2 is 2.19 bits per heavy atom. The molecule has 0 radical (unpaired) electrons. The van der Waals surface area contributed by atoms with E-state index >= 15 is 0 Å². The Hall–Kier alpha value is -1.75. The minimum atomic E-state index is -0.0659. The molecule has 1 saturated carbocycles. The highest BCUT2D eigenvalue weighted by molar-refractivity contribution is 6.00. The van der Waals surface area contributed by atoms with Crippen LogP contribution >= 0.6 is 0 Å². The normalized spacial score (nSPS) is 25.3. The van der Waals surface area contributed by atoms with Gasteiger partial charge in [-0.1, -0.05) is 12.8 Å².